The number of aromatic nitrogens is 2. The Kier molecular flexibility index (Phi) is 3.65. The van der Waals surface area contributed by atoms with E-state index in [-0.39, 0.29) is 0 Å². The van der Waals surface area contributed by atoms with Gasteiger partial charge < -0.3 is 0 Å². The summed E-state index contributed by atoms with van der Waals surface area (Å²) >= 11 is 10.0. The van der Waals surface area contributed by atoms with Gasteiger partial charge in [0.15, 0.2) is 0 Å². The number of nitrogens with zero attached hydrogens (tertiary/aromatic N) is 2. The fourth-order valence-electron chi connectivity index (χ4n) is 2.65. The Morgan fingerprint density at radius 3 is 2.62 bits per heavy atom. The fourth-order valence-corrected chi connectivity index (χ4v) is 3.60. The molecule has 3 unspecified atom stereocenters. The number of hydrogen-bond donors (Lipinski definition) is 0. The molecule has 16 heavy (non-hydrogen) atoms. The average molecular weight is 306 g/mol. The lowest BCUT2D eigenvalue weighted by molar-refractivity contribution is 0.423. The molecule has 1 fully saturated rings. The SMILES string of the molecule is Cc1nn(C)c(Cl)c1CC1CCC(Br)C1C. The molecule has 1 aromatic heterocycles. The van der Waals surface area contributed by atoms with Gasteiger partial charge in [-0.05, 0) is 38.0 Å². The zero-order chi connectivity index (χ0) is 11.9. The van der Waals surface area contributed by atoms with Crippen LogP contribution in [-0.2, 0) is 13.5 Å². The highest BCUT2D eigenvalue weighted by molar-refractivity contribution is 9.09. The third-order valence-corrected chi connectivity index (χ3v) is 5.63. The lowest BCUT2D eigenvalue weighted by Crippen LogP contribution is -2.13. The second-order valence-corrected chi connectivity index (χ2v) is 6.43. The van der Waals surface area contributed by atoms with Crippen molar-refractivity contribution in [2.24, 2.45) is 18.9 Å². The third-order valence-electron chi connectivity index (χ3n) is 3.86. The van der Waals surface area contributed by atoms with Crippen molar-refractivity contribution >= 4 is 27.5 Å². The maximum Gasteiger partial charge on any atom is 0.130 e. The number of alkyl halides is 1. The predicted molar refractivity (Wildman–Crippen MR) is 71.3 cm³/mol. The average Bonchev–Trinajstić information content (AvgIpc) is 2.66. The summed E-state index contributed by atoms with van der Waals surface area (Å²) < 4.78 is 1.78. The van der Waals surface area contributed by atoms with Gasteiger partial charge >= 0.3 is 0 Å². The molecule has 0 aliphatic heterocycles. The van der Waals surface area contributed by atoms with Crippen LogP contribution in [0.15, 0.2) is 0 Å². The smallest absolute Gasteiger partial charge is 0.130 e. The van der Waals surface area contributed by atoms with E-state index in [0.29, 0.717) is 4.83 Å². The molecule has 1 aliphatic rings. The first-order valence-corrected chi connectivity index (χ1v) is 7.12. The van der Waals surface area contributed by atoms with Crippen LogP contribution in [0.3, 0.4) is 0 Å². The number of hydrogen-bond acceptors (Lipinski definition) is 1. The summed E-state index contributed by atoms with van der Waals surface area (Å²) in [4.78, 5) is 0.674. The highest BCUT2D eigenvalue weighted by atomic mass is 79.9. The normalized spacial score (nSPS) is 29.9. The van der Waals surface area contributed by atoms with Crippen LogP contribution in [0.5, 0.6) is 0 Å². The maximum atomic E-state index is 6.27. The Morgan fingerprint density at radius 1 is 1.50 bits per heavy atom. The molecular weight excluding hydrogens is 288 g/mol. The molecule has 90 valence electrons. The van der Waals surface area contributed by atoms with E-state index >= 15 is 0 Å². The molecule has 1 saturated carbocycles. The molecule has 1 heterocycles. The first kappa shape index (κ1) is 12.4. The van der Waals surface area contributed by atoms with Gasteiger partial charge in [-0.25, -0.2) is 0 Å². The van der Waals surface area contributed by atoms with Gasteiger partial charge in [0.1, 0.15) is 5.15 Å². The van der Waals surface area contributed by atoms with Crippen molar-refractivity contribution in [2.45, 2.75) is 37.9 Å². The molecule has 0 amide bonds. The number of rotatable bonds is 2. The number of aryl methyl sites for hydroxylation is 2. The number of halogens is 2. The molecule has 2 nitrogen and oxygen atoms in total. The van der Waals surface area contributed by atoms with E-state index in [4.69, 9.17) is 11.6 Å². The topological polar surface area (TPSA) is 17.8 Å². The van der Waals surface area contributed by atoms with Crippen LogP contribution in [0.4, 0.5) is 0 Å². The summed E-state index contributed by atoms with van der Waals surface area (Å²) in [5.41, 5.74) is 2.32. The van der Waals surface area contributed by atoms with Gasteiger partial charge in [-0.3, -0.25) is 4.68 Å². The van der Waals surface area contributed by atoms with Crippen LogP contribution in [0.25, 0.3) is 0 Å². The van der Waals surface area contributed by atoms with Gasteiger partial charge in [0.2, 0.25) is 0 Å². The standard InChI is InChI=1S/C12H18BrClN2/c1-7-9(4-5-11(7)13)6-10-8(2)15-16(3)12(10)14/h7,9,11H,4-6H2,1-3H3. The second kappa shape index (κ2) is 4.69. The van der Waals surface area contributed by atoms with Gasteiger partial charge in [-0.1, -0.05) is 34.5 Å². The zero-order valence-electron chi connectivity index (χ0n) is 10.0. The predicted octanol–water partition coefficient (Wildman–Crippen LogP) is 3.73. The van der Waals surface area contributed by atoms with Crippen molar-refractivity contribution in [1.29, 1.82) is 0 Å². The van der Waals surface area contributed by atoms with Crippen molar-refractivity contribution in [3.8, 4) is 0 Å². The first-order valence-electron chi connectivity index (χ1n) is 5.82. The van der Waals surface area contributed by atoms with E-state index < -0.39 is 0 Å². The summed E-state index contributed by atoms with van der Waals surface area (Å²) in [6.45, 7) is 4.38. The van der Waals surface area contributed by atoms with E-state index in [2.05, 4.69) is 28.0 Å². The highest BCUT2D eigenvalue weighted by Gasteiger charge is 2.32. The lowest BCUT2D eigenvalue weighted by Gasteiger charge is -2.17. The molecule has 0 bridgehead atoms. The molecule has 3 atom stereocenters. The van der Waals surface area contributed by atoms with Crippen LogP contribution >= 0.6 is 27.5 Å². The molecule has 0 spiro atoms. The Bertz CT molecular complexity index is 389. The van der Waals surface area contributed by atoms with Crippen molar-refractivity contribution in [3.05, 3.63) is 16.4 Å². The van der Waals surface area contributed by atoms with Crippen LogP contribution in [0.1, 0.15) is 31.0 Å². The minimum atomic E-state index is 0.674. The summed E-state index contributed by atoms with van der Waals surface area (Å²) in [7, 11) is 1.91. The van der Waals surface area contributed by atoms with Crippen molar-refractivity contribution < 1.29 is 0 Å². The Labute approximate surface area is 110 Å². The van der Waals surface area contributed by atoms with Gasteiger partial charge in [0.05, 0.1) is 5.69 Å². The van der Waals surface area contributed by atoms with Crippen molar-refractivity contribution in [1.82, 2.24) is 9.78 Å². The Morgan fingerprint density at radius 2 is 2.19 bits per heavy atom. The minimum absolute atomic E-state index is 0.674. The summed E-state index contributed by atoms with van der Waals surface area (Å²) in [6, 6.07) is 0. The minimum Gasteiger partial charge on any atom is -0.257 e. The van der Waals surface area contributed by atoms with E-state index in [1.807, 2.05) is 14.0 Å². The molecule has 0 N–H and O–H groups in total. The quantitative estimate of drug-likeness (QED) is 0.761. The van der Waals surface area contributed by atoms with Crippen LogP contribution in [-0.4, -0.2) is 14.6 Å². The van der Waals surface area contributed by atoms with E-state index in [1.165, 1.54) is 18.4 Å². The Balaban J connectivity index is 2.15. The summed E-state index contributed by atoms with van der Waals surface area (Å²) in [6.07, 6.45) is 3.65. The molecule has 0 radical (unpaired) electrons. The fraction of sp³-hybridized carbons (Fsp3) is 0.750. The third kappa shape index (κ3) is 2.17. The summed E-state index contributed by atoms with van der Waals surface area (Å²) in [5, 5.41) is 5.18. The van der Waals surface area contributed by atoms with Crippen LogP contribution in [0, 0.1) is 18.8 Å². The zero-order valence-corrected chi connectivity index (χ0v) is 12.3. The molecule has 1 aliphatic carbocycles. The van der Waals surface area contributed by atoms with Crippen LogP contribution < -0.4 is 0 Å². The van der Waals surface area contributed by atoms with Gasteiger partial charge in [-0.15, -0.1) is 0 Å². The molecule has 0 aromatic carbocycles. The molecule has 4 heteroatoms. The first-order chi connectivity index (χ1) is 7.50. The Hall–Kier alpha value is -0.0200. The highest BCUT2D eigenvalue weighted by Crippen LogP contribution is 2.39. The molecule has 0 saturated heterocycles. The van der Waals surface area contributed by atoms with Crippen molar-refractivity contribution in [3.63, 3.8) is 0 Å². The largest absolute Gasteiger partial charge is 0.257 e. The molecular formula is C12H18BrClN2. The van der Waals surface area contributed by atoms with E-state index in [9.17, 15) is 0 Å². The van der Waals surface area contributed by atoms with Crippen LogP contribution in [0.2, 0.25) is 5.15 Å². The lowest BCUT2D eigenvalue weighted by atomic mass is 9.91. The maximum absolute atomic E-state index is 6.27. The van der Waals surface area contributed by atoms with Gasteiger partial charge in [0, 0.05) is 17.4 Å². The monoisotopic (exact) mass is 304 g/mol. The van der Waals surface area contributed by atoms with Gasteiger partial charge in [-0.2, -0.15) is 5.10 Å². The second-order valence-electron chi connectivity index (χ2n) is 4.90. The van der Waals surface area contributed by atoms with Gasteiger partial charge in [0.25, 0.3) is 0 Å². The van der Waals surface area contributed by atoms with Crippen molar-refractivity contribution in [2.75, 3.05) is 0 Å². The molecule has 1 aromatic rings. The van der Waals surface area contributed by atoms with E-state index in [1.54, 1.807) is 4.68 Å². The summed E-state index contributed by atoms with van der Waals surface area (Å²) in [5.74, 6) is 1.47. The van der Waals surface area contributed by atoms with E-state index in [0.717, 1.165) is 29.1 Å². The molecule has 2 rings (SSSR count).